The lowest BCUT2D eigenvalue weighted by atomic mass is 9.77. The Labute approximate surface area is 377 Å². The second-order valence-electron chi connectivity index (χ2n) is 18.1. The summed E-state index contributed by atoms with van der Waals surface area (Å²) in [5.41, 5.74) is -1.35. The topological polar surface area (TPSA) is 188 Å². The number of nitrogens with zero attached hydrogens (tertiary/aromatic N) is 4. The van der Waals surface area contributed by atoms with Crippen LogP contribution in [0.1, 0.15) is 85.7 Å². The number of hydrogen-bond donors (Lipinski definition) is 1. The molecule has 3 aromatic heterocycles. The number of fused-ring (bicyclic) bond motifs is 3. The van der Waals surface area contributed by atoms with Crippen LogP contribution in [-0.2, 0) is 41.7 Å². The van der Waals surface area contributed by atoms with Crippen LogP contribution in [0.2, 0.25) is 0 Å². The minimum absolute atomic E-state index is 0.0402. The minimum Gasteiger partial charge on any atom is -0.470 e. The average molecular weight is 936 g/mol. The number of sulfonamides is 1. The highest BCUT2D eigenvalue weighted by Crippen LogP contribution is 2.57. The van der Waals surface area contributed by atoms with Gasteiger partial charge < -0.3 is 18.8 Å². The highest BCUT2D eigenvalue weighted by molar-refractivity contribution is 7.90. The van der Waals surface area contributed by atoms with Crippen molar-refractivity contribution in [3.63, 3.8) is 0 Å². The van der Waals surface area contributed by atoms with Crippen molar-refractivity contribution in [1.29, 1.82) is 0 Å². The van der Waals surface area contributed by atoms with Crippen molar-refractivity contribution in [2.45, 2.75) is 96.7 Å². The molecule has 19 heteroatoms. The first-order chi connectivity index (χ1) is 30.6. The van der Waals surface area contributed by atoms with Crippen molar-refractivity contribution in [3.05, 3.63) is 82.3 Å². The molecule has 0 radical (unpaired) electrons. The van der Waals surface area contributed by atoms with Gasteiger partial charge in [0.05, 0.1) is 46.1 Å². The molecule has 1 N–H and O–H groups in total. The number of Topliss-reactive ketones (excluding diaryl/α,β-unsaturated/α-hetero) is 1. The van der Waals surface area contributed by atoms with E-state index in [1.165, 1.54) is 23.1 Å². The highest BCUT2D eigenvalue weighted by Gasteiger charge is 2.61. The summed E-state index contributed by atoms with van der Waals surface area (Å²) in [7, 11) is -3.95. The van der Waals surface area contributed by atoms with E-state index in [9.17, 15) is 36.0 Å². The van der Waals surface area contributed by atoms with Crippen molar-refractivity contribution in [3.8, 4) is 17.3 Å². The molecule has 1 saturated heterocycles. The van der Waals surface area contributed by atoms with Crippen molar-refractivity contribution in [2.75, 3.05) is 13.2 Å². The molecular formula is C46H48F3N5O9S2. The van der Waals surface area contributed by atoms with Crippen LogP contribution in [0.5, 0.6) is 5.88 Å². The number of ketones is 1. The average Bonchev–Trinajstić information content (AvgIpc) is 4.11. The van der Waals surface area contributed by atoms with Crippen molar-refractivity contribution in [2.24, 2.45) is 22.7 Å². The number of benzene rings is 2. The van der Waals surface area contributed by atoms with E-state index >= 15 is 4.79 Å². The van der Waals surface area contributed by atoms with E-state index in [1.54, 1.807) is 38.1 Å². The lowest BCUT2D eigenvalue weighted by Crippen LogP contribution is -2.48. The minimum atomic E-state index is -4.57. The predicted octanol–water partition coefficient (Wildman–Crippen LogP) is 8.02. The molecule has 0 unspecified atom stereocenters. The molecular weight excluding hydrogens is 888 g/mol. The van der Waals surface area contributed by atoms with Gasteiger partial charge in [-0.15, -0.1) is 17.9 Å². The third-order valence-electron chi connectivity index (χ3n) is 12.4. The molecule has 2 aliphatic carbocycles. The maximum absolute atomic E-state index is 15.1. The monoisotopic (exact) mass is 935 g/mol. The van der Waals surface area contributed by atoms with Crippen molar-refractivity contribution < 1.29 is 54.7 Å². The summed E-state index contributed by atoms with van der Waals surface area (Å²) in [5, 5.41) is 0.423. The Hall–Kier alpha value is -5.69. The number of nitrogens with one attached hydrogen (secondary N) is 1. The number of thiazole rings is 1. The van der Waals surface area contributed by atoms with Gasteiger partial charge in [-0.2, -0.15) is 18.2 Å². The summed E-state index contributed by atoms with van der Waals surface area (Å²) >= 11 is 1.13. The second-order valence-corrected chi connectivity index (χ2v) is 21.1. The van der Waals surface area contributed by atoms with Crippen LogP contribution in [0.3, 0.4) is 0 Å². The summed E-state index contributed by atoms with van der Waals surface area (Å²) < 4.78 is 86.5. The van der Waals surface area contributed by atoms with E-state index in [1.807, 2.05) is 20.8 Å². The summed E-state index contributed by atoms with van der Waals surface area (Å²) in [6.45, 7) is 12.9. The Balaban J connectivity index is 1.15. The fraction of sp³-hybridized carbons (Fsp3) is 0.457. The second kappa shape index (κ2) is 16.9. The van der Waals surface area contributed by atoms with E-state index in [4.69, 9.17) is 13.9 Å². The number of aromatic nitrogens is 3. The lowest BCUT2D eigenvalue weighted by molar-refractivity contribution is -0.144. The molecule has 0 spiro atoms. The summed E-state index contributed by atoms with van der Waals surface area (Å²) in [6, 6.07) is 10.2. The molecule has 3 fully saturated rings. The number of hydrogen-bond acceptors (Lipinski definition) is 13. The first-order valence-corrected chi connectivity index (χ1v) is 23.7. The Morgan fingerprint density at radius 3 is 2.40 bits per heavy atom. The highest BCUT2D eigenvalue weighted by atomic mass is 32.2. The van der Waals surface area contributed by atoms with Crippen LogP contribution in [-0.4, -0.2) is 82.4 Å². The first kappa shape index (κ1) is 45.9. The Morgan fingerprint density at radius 2 is 1.77 bits per heavy atom. The molecule has 5 aromatic rings. The number of allylic oxidation sites excluding steroid dienone is 1. The summed E-state index contributed by atoms with van der Waals surface area (Å²) in [6.07, 6.45) is -3.25. The van der Waals surface area contributed by atoms with Gasteiger partial charge in [-0.25, -0.2) is 23.2 Å². The molecule has 2 aromatic carbocycles. The number of esters is 1. The number of rotatable bonds is 15. The van der Waals surface area contributed by atoms with E-state index in [0.29, 0.717) is 44.9 Å². The van der Waals surface area contributed by atoms with Gasteiger partial charge in [-0.3, -0.25) is 19.1 Å². The molecule has 65 heavy (non-hydrogen) atoms. The van der Waals surface area contributed by atoms with Crippen LogP contribution in [0, 0.1) is 29.6 Å². The van der Waals surface area contributed by atoms with Crippen LogP contribution in [0.15, 0.2) is 65.6 Å². The number of aryl methyl sites for hydroxylation is 1. The fourth-order valence-corrected chi connectivity index (χ4v) is 10.9. The zero-order chi connectivity index (χ0) is 46.8. The number of para-hydroxylation sites is 1. The smallest absolute Gasteiger partial charge is 0.416 e. The molecule has 1 aliphatic heterocycles. The van der Waals surface area contributed by atoms with E-state index in [0.717, 1.165) is 23.5 Å². The standard InChI is InChI=1S/C46H48F3N5O9S2/c1-7-26-21-45(26,43(58)53-65(59,60)29-17-18-29)22-33(55)32-19-28(23-54(32)41(56)31(44(4,5)6)20-35-50-24(3)38(64-35)42(57)61-8-2)62-40-37-36(30-11-9-10-12-34(30)63-37)51-39(52-40)25-13-15-27(16-14-25)46(47,48)49/h7,9-16,26,28-29,31-32H,1,8,17-23H2,2-6H3,(H,53,58)/t26-,28-,31-,32+,45-/m1/s1. The third-order valence-corrected chi connectivity index (χ3v) is 15.4. The van der Waals surface area contributed by atoms with Gasteiger partial charge in [0.15, 0.2) is 11.6 Å². The van der Waals surface area contributed by atoms with Gasteiger partial charge in [0.1, 0.15) is 22.1 Å². The van der Waals surface area contributed by atoms with E-state index < -0.39 is 85.4 Å². The molecule has 2 amide bonds. The molecule has 0 bridgehead atoms. The van der Waals surface area contributed by atoms with Crippen LogP contribution in [0.25, 0.3) is 33.5 Å². The number of likely N-dealkylation sites (tertiary alicyclic amines) is 1. The van der Waals surface area contributed by atoms with Crippen molar-refractivity contribution in [1.82, 2.24) is 24.6 Å². The summed E-state index contributed by atoms with van der Waals surface area (Å²) in [5.74, 6) is -3.53. The predicted molar refractivity (Wildman–Crippen MR) is 234 cm³/mol. The molecule has 5 atom stereocenters. The quantitative estimate of drug-likeness (QED) is 0.0788. The van der Waals surface area contributed by atoms with Gasteiger partial charge in [-0.05, 0) is 68.7 Å². The zero-order valence-corrected chi connectivity index (χ0v) is 38.0. The van der Waals surface area contributed by atoms with Crippen LogP contribution in [0.4, 0.5) is 13.2 Å². The van der Waals surface area contributed by atoms with Crippen LogP contribution < -0.4 is 9.46 Å². The van der Waals surface area contributed by atoms with E-state index in [2.05, 4.69) is 26.3 Å². The number of furan rings is 1. The SMILES string of the molecule is C=C[C@@H]1C[C@]1(CC(=O)[C@@H]1C[C@@H](Oc2nc(-c3ccc(C(F)(F)F)cc3)nc3c2oc2ccccc23)CN1C(=O)[C@@H](Cc1nc(C)c(C(=O)OCC)s1)C(C)(C)C)C(=O)NS(=O)(=O)C1CC1. The van der Waals surface area contributed by atoms with Gasteiger partial charge in [0.2, 0.25) is 27.4 Å². The number of ether oxygens (including phenoxy) is 2. The molecule has 14 nitrogen and oxygen atoms in total. The number of carbonyl (C=O) groups is 4. The number of halogens is 3. The third kappa shape index (κ3) is 9.13. The summed E-state index contributed by atoms with van der Waals surface area (Å²) in [4.78, 5) is 72.0. The van der Waals surface area contributed by atoms with Gasteiger partial charge >= 0.3 is 12.1 Å². The van der Waals surface area contributed by atoms with Crippen molar-refractivity contribution >= 4 is 67.0 Å². The van der Waals surface area contributed by atoms with Gasteiger partial charge in [0.25, 0.3) is 5.88 Å². The molecule has 3 aliphatic rings. The number of alkyl halides is 3. The first-order valence-electron chi connectivity index (χ1n) is 21.3. The zero-order valence-electron chi connectivity index (χ0n) is 36.4. The molecule has 8 rings (SSSR count). The Kier molecular flexibility index (Phi) is 12.0. The van der Waals surface area contributed by atoms with Gasteiger partial charge in [-0.1, -0.05) is 51.1 Å². The normalized spacial score (nSPS) is 21.6. The lowest BCUT2D eigenvalue weighted by Gasteiger charge is -2.35. The molecule has 2 saturated carbocycles. The molecule has 344 valence electrons. The maximum atomic E-state index is 15.1. The van der Waals surface area contributed by atoms with Gasteiger partial charge in [0, 0.05) is 36.1 Å². The Morgan fingerprint density at radius 1 is 1.06 bits per heavy atom. The molecule has 4 heterocycles. The Bertz CT molecular complexity index is 2830. The number of amides is 2. The van der Waals surface area contributed by atoms with Crippen LogP contribution >= 0.6 is 11.3 Å². The largest absolute Gasteiger partial charge is 0.470 e. The fourth-order valence-electron chi connectivity index (χ4n) is 8.55. The maximum Gasteiger partial charge on any atom is 0.416 e. The van der Waals surface area contributed by atoms with E-state index in [-0.39, 0.29) is 61.7 Å². The number of carbonyl (C=O) groups excluding carboxylic acids is 4.